The van der Waals surface area contributed by atoms with Gasteiger partial charge in [0.25, 0.3) is 10.0 Å². The summed E-state index contributed by atoms with van der Waals surface area (Å²) in [4.78, 5) is 10.1. The fourth-order valence-corrected chi connectivity index (χ4v) is 2.66. The largest absolute Gasteiger partial charge is 0.395 e. The summed E-state index contributed by atoms with van der Waals surface area (Å²) >= 11 is 8.59. The maximum absolute atomic E-state index is 13.7. The van der Waals surface area contributed by atoms with Gasteiger partial charge in [-0.25, -0.2) is 22.3 Å². The molecule has 1 aromatic rings. The number of halogens is 3. The third-order valence-electron chi connectivity index (χ3n) is 1.90. The summed E-state index contributed by atoms with van der Waals surface area (Å²) in [6, 6.07) is -0.158. The van der Waals surface area contributed by atoms with Gasteiger partial charge in [0.1, 0.15) is 4.90 Å². The number of carbonyl (C=O) groups excluding carboxylic acids is 1. The number of nitrogen functional groups attached to an aromatic ring is 1. The molecule has 6 nitrogen and oxygen atoms in total. The smallest absolute Gasteiger partial charge is 0.328 e. The number of anilines is 1. The van der Waals surface area contributed by atoms with Crippen molar-refractivity contribution in [2.24, 2.45) is 0 Å². The van der Waals surface area contributed by atoms with Crippen molar-refractivity contribution in [3.8, 4) is 0 Å². The molecule has 0 saturated carbocycles. The zero-order valence-electron chi connectivity index (χ0n) is 8.92. The summed E-state index contributed by atoms with van der Waals surface area (Å²) < 4.78 is 38.8. The molecule has 100 valence electrons. The van der Waals surface area contributed by atoms with E-state index < -0.39 is 32.5 Å². The van der Waals surface area contributed by atoms with E-state index >= 15 is 0 Å². The molecule has 0 aliphatic rings. The van der Waals surface area contributed by atoms with E-state index in [1.165, 1.54) is 7.05 Å². The van der Waals surface area contributed by atoms with Gasteiger partial charge in [0.2, 0.25) is 0 Å². The van der Waals surface area contributed by atoms with Gasteiger partial charge in [-0.3, -0.25) is 0 Å². The highest BCUT2D eigenvalue weighted by molar-refractivity contribution is 9.10. The number of nitrogens with one attached hydrogen (secondary N) is 2. The van der Waals surface area contributed by atoms with Gasteiger partial charge in [-0.2, -0.15) is 0 Å². The van der Waals surface area contributed by atoms with E-state index in [4.69, 9.17) is 17.3 Å². The van der Waals surface area contributed by atoms with Crippen molar-refractivity contribution in [2.45, 2.75) is 4.90 Å². The molecule has 0 unspecified atom stereocenters. The second-order valence-electron chi connectivity index (χ2n) is 3.08. The molecule has 10 heteroatoms. The van der Waals surface area contributed by atoms with Crippen LogP contribution in [0.1, 0.15) is 0 Å². The van der Waals surface area contributed by atoms with Crippen LogP contribution in [-0.4, -0.2) is 21.5 Å². The van der Waals surface area contributed by atoms with Crippen molar-refractivity contribution in [2.75, 3.05) is 12.8 Å². The molecule has 1 rings (SSSR count). The summed E-state index contributed by atoms with van der Waals surface area (Å²) in [5.41, 5.74) is 4.89. The second kappa shape index (κ2) is 5.29. The average molecular weight is 361 g/mol. The van der Waals surface area contributed by atoms with Crippen LogP contribution in [0.15, 0.2) is 15.4 Å². The SMILES string of the molecule is CNC(=O)NS(=O)(=O)c1cc(Cl)c(Br)c(N)c1F. The van der Waals surface area contributed by atoms with Crippen molar-refractivity contribution in [3.63, 3.8) is 0 Å². The van der Waals surface area contributed by atoms with Crippen molar-refractivity contribution < 1.29 is 17.6 Å². The monoisotopic (exact) mass is 359 g/mol. The zero-order chi connectivity index (χ0) is 14.1. The molecule has 0 aromatic heterocycles. The van der Waals surface area contributed by atoms with Gasteiger partial charge in [0.05, 0.1) is 15.2 Å². The molecule has 2 amide bonds. The first-order valence-electron chi connectivity index (χ1n) is 4.38. The molecule has 0 radical (unpaired) electrons. The predicted octanol–water partition coefficient (Wildman–Crippen LogP) is 1.44. The van der Waals surface area contributed by atoms with Crippen molar-refractivity contribution in [3.05, 3.63) is 21.4 Å². The van der Waals surface area contributed by atoms with E-state index in [0.29, 0.717) is 0 Å². The minimum atomic E-state index is -4.39. The molecule has 4 N–H and O–H groups in total. The van der Waals surface area contributed by atoms with Crippen LogP contribution in [0.4, 0.5) is 14.9 Å². The van der Waals surface area contributed by atoms with Gasteiger partial charge in [-0.15, -0.1) is 0 Å². The predicted molar refractivity (Wildman–Crippen MR) is 68.3 cm³/mol. The number of carbonyl (C=O) groups is 1. The average Bonchev–Trinajstić information content (AvgIpc) is 2.30. The van der Waals surface area contributed by atoms with Crippen LogP contribution >= 0.6 is 27.5 Å². The molecule has 0 saturated heterocycles. The normalized spacial score (nSPS) is 11.1. The number of sulfonamides is 1. The summed E-state index contributed by atoms with van der Waals surface area (Å²) in [6.45, 7) is 0. The number of hydrogen-bond donors (Lipinski definition) is 3. The highest BCUT2D eigenvalue weighted by atomic mass is 79.9. The van der Waals surface area contributed by atoms with Crippen LogP contribution in [0.3, 0.4) is 0 Å². The minimum Gasteiger partial charge on any atom is -0.395 e. The van der Waals surface area contributed by atoms with Gasteiger partial charge >= 0.3 is 6.03 Å². The first-order chi connectivity index (χ1) is 8.20. The van der Waals surface area contributed by atoms with Gasteiger partial charge in [0.15, 0.2) is 5.82 Å². The molecular formula is C8H8BrClFN3O3S. The van der Waals surface area contributed by atoms with Crippen LogP contribution in [0, 0.1) is 5.82 Å². The van der Waals surface area contributed by atoms with E-state index in [-0.39, 0.29) is 9.50 Å². The number of hydrogen-bond acceptors (Lipinski definition) is 4. The molecule has 0 atom stereocenters. The Kier molecular flexibility index (Phi) is 4.41. The van der Waals surface area contributed by atoms with Gasteiger partial charge < -0.3 is 11.1 Å². The number of benzene rings is 1. The highest BCUT2D eigenvalue weighted by Crippen LogP contribution is 2.34. The molecule has 18 heavy (non-hydrogen) atoms. The van der Waals surface area contributed by atoms with Gasteiger partial charge in [0, 0.05) is 7.05 Å². The lowest BCUT2D eigenvalue weighted by molar-refractivity contribution is 0.247. The van der Waals surface area contributed by atoms with Crippen LogP contribution in [0.5, 0.6) is 0 Å². The first-order valence-corrected chi connectivity index (χ1v) is 7.03. The van der Waals surface area contributed by atoms with Crippen molar-refractivity contribution >= 4 is 49.3 Å². The molecular weight excluding hydrogens is 353 g/mol. The van der Waals surface area contributed by atoms with E-state index in [1.807, 2.05) is 5.32 Å². The summed E-state index contributed by atoms with van der Waals surface area (Å²) in [7, 11) is -3.17. The van der Waals surface area contributed by atoms with Gasteiger partial charge in [-0.05, 0) is 22.0 Å². The number of urea groups is 1. The topological polar surface area (TPSA) is 101 Å². The Labute approximate surface area is 116 Å². The third kappa shape index (κ3) is 2.85. The fraction of sp³-hybridized carbons (Fsp3) is 0.125. The Morgan fingerprint density at radius 2 is 2.11 bits per heavy atom. The Bertz CT molecular complexity index is 608. The van der Waals surface area contributed by atoms with Crippen LogP contribution in [0.25, 0.3) is 0 Å². The van der Waals surface area contributed by atoms with E-state index in [9.17, 15) is 17.6 Å². The van der Waals surface area contributed by atoms with Gasteiger partial charge in [-0.1, -0.05) is 11.6 Å². The molecule has 1 aromatic carbocycles. The zero-order valence-corrected chi connectivity index (χ0v) is 12.1. The van der Waals surface area contributed by atoms with E-state index in [0.717, 1.165) is 6.07 Å². The Hall–Kier alpha value is -1.06. The highest BCUT2D eigenvalue weighted by Gasteiger charge is 2.25. The Morgan fingerprint density at radius 3 is 2.61 bits per heavy atom. The minimum absolute atomic E-state index is 0.0422. The quantitative estimate of drug-likeness (QED) is 0.549. The number of amides is 2. The number of rotatable bonds is 2. The lowest BCUT2D eigenvalue weighted by Crippen LogP contribution is -2.37. The maximum atomic E-state index is 13.7. The summed E-state index contributed by atoms with van der Waals surface area (Å²) in [5.74, 6) is -1.19. The van der Waals surface area contributed by atoms with E-state index in [2.05, 4.69) is 15.9 Å². The molecule has 0 heterocycles. The molecule has 0 aliphatic heterocycles. The molecule has 0 spiro atoms. The lowest BCUT2D eigenvalue weighted by Gasteiger charge is -2.10. The number of nitrogens with two attached hydrogens (primary N) is 1. The van der Waals surface area contributed by atoms with Crippen LogP contribution in [-0.2, 0) is 10.0 Å². The first kappa shape index (κ1) is 15.0. The summed E-state index contributed by atoms with van der Waals surface area (Å²) in [6.07, 6.45) is 0. The third-order valence-corrected chi connectivity index (χ3v) is 4.61. The second-order valence-corrected chi connectivity index (χ2v) is 5.93. The Balaban J connectivity index is 3.39. The molecule has 0 aliphatic carbocycles. The fourth-order valence-electron chi connectivity index (χ4n) is 1.02. The maximum Gasteiger partial charge on any atom is 0.328 e. The lowest BCUT2D eigenvalue weighted by atomic mass is 10.3. The standard InChI is InChI=1S/C8H8BrClFN3O3S/c1-13-8(15)14-18(16,17)4-2-3(10)5(9)7(12)6(4)11/h2H,12H2,1H3,(H2,13,14,15). The Morgan fingerprint density at radius 1 is 1.56 bits per heavy atom. The molecule has 0 bridgehead atoms. The summed E-state index contributed by atoms with van der Waals surface area (Å²) in [5, 5.41) is 1.93. The van der Waals surface area contributed by atoms with Crippen molar-refractivity contribution in [1.29, 1.82) is 0 Å². The molecule has 0 fully saturated rings. The van der Waals surface area contributed by atoms with Crippen molar-refractivity contribution in [1.82, 2.24) is 10.0 Å². The van der Waals surface area contributed by atoms with E-state index in [1.54, 1.807) is 4.72 Å². The van der Waals surface area contributed by atoms with Crippen LogP contribution in [0.2, 0.25) is 5.02 Å². The van der Waals surface area contributed by atoms with Crippen LogP contribution < -0.4 is 15.8 Å².